The minimum atomic E-state index is -3.73. The van der Waals surface area contributed by atoms with Gasteiger partial charge in [0.05, 0.1) is 17.0 Å². The summed E-state index contributed by atoms with van der Waals surface area (Å²) in [4.78, 5) is 27.0. The van der Waals surface area contributed by atoms with E-state index in [1.54, 1.807) is 12.1 Å². The Morgan fingerprint density at radius 2 is 2.00 bits per heavy atom. The summed E-state index contributed by atoms with van der Waals surface area (Å²) in [6.07, 6.45) is 1.48. The zero-order valence-corrected chi connectivity index (χ0v) is 15.5. The first-order valence-corrected chi connectivity index (χ1v) is 10.1. The number of carbonyl (C=O) groups excluding carboxylic acids is 1. The van der Waals surface area contributed by atoms with Gasteiger partial charge >= 0.3 is 0 Å². The number of hydrogen-bond acceptors (Lipinski definition) is 7. The van der Waals surface area contributed by atoms with Gasteiger partial charge in [-0.3, -0.25) is 4.79 Å². The minimum absolute atomic E-state index is 0.0207. The third-order valence-electron chi connectivity index (χ3n) is 3.31. The number of rotatable bonds is 6. The number of aromatic amines is 1. The Labute approximate surface area is 157 Å². The van der Waals surface area contributed by atoms with E-state index in [4.69, 9.17) is 16.7 Å². The Morgan fingerprint density at radius 3 is 2.69 bits per heavy atom. The number of nitrogens with zero attached hydrogens (tertiary/aromatic N) is 3. The molecule has 2 heterocycles. The second kappa shape index (κ2) is 7.58. The molecule has 26 heavy (non-hydrogen) atoms. The van der Waals surface area contributed by atoms with Crippen LogP contribution >= 0.6 is 23.4 Å². The number of nitrogens with one attached hydrogen (secondary N) is 2. The highest BCUT2D eigenvalue weighted by molar-refractivity contribution is 8.00. The van der Waals surface area contributed by atoms with Crippen molar-refractivity contribution >= 4 is 50.5 Å². The number of amides is 1. The fourth-order valence-electron chi connectivity index (χ4n) is 2.07. The first-order chi connectivity index (χ1) is 12.3. The quantitative estimate of drug-likeness (QED) is 0.312. The Bertz CT molecular complexity index is 1050. The fourth-order valence-corrected chi connectivity index (χ4v) is 3.61. The van der Waals surface area contributed by atoms with Crippen molar-refractivity contribution in [2.24, 2.45) is 5.14 Å². The van der Waals surface area contributed by atoms with Crippen molar-refractivity contribution in [3.8, 4) is 0 Å². The molecule has 0 unspecified atom stereocenters. The molecular formula is C14H13ClN6O3S2. The van der Waals surface area contributed by atoms with Gasteiger partial charge in [-0.15, -0.1) is 0 Å². The number of aromatic nitrogens is 4. The molecule has 136 valence electrons. The van der Waals surface area contributed by atoms with Gasteiger partial charge in [-0.25, -0.2) is 23.5 Å². The molecule has 0 radical (unpaired) electrons. The van der Waals surface area contributed by atoms with Crippen LogP contribution in [0.1, 0.15) is 5.56 Å². The van der Waals surface area contributed by atoms with E-state index in [-0.39, 0.29) is 28.4 Å². The number of imidazole rings is 1. The van der Waals surface area contributed by atoms with Gasteiger partial charge in [-0.2, -0.15) is 4.98 Å². The number of carbonyl (C=O) groups is 1. The third-order valence-corrected chi connectivity index (χ3v) is 5.38. The van der Waals surface area contributed by atoms with E-state index >= 15 is 0 Å². The summed E-state index contributed by atoms with van der Waals surface area (Å²) in [5.74, 6) is -0.0931. The lowest BCUT2D eigenvalue weighted by atomic mass is 10.2. The highest BCUT2D eigenvalue weighted by Gasteiger charge is 2.12. The maximum absolute atomic E-state index is 12.0. The van der Waals surface area contributed by atoms with E-state index in [0.717, 1.165) is 5.56 Å². The number of H-pyrrole nitrogens is 1. The third kappa shape index (κ3) is 4.49. The predicted octanol–water partition coefficient (Wildman–Crippen LogP) is 1.06. The van der Waals surface area contributed by atoms with Gasteiger partial charge in [0.1, 0.15) is 10.5 Å². The summed E-state index contributed by atoms with van der Waals surface area (Å²) in [5, 5.41) is 8.37. The Balaban J connectivity index is 1.57. The molecule has 0 saturated heterocycles. The molecule has 0 aliphatic carbocycles. The lowest BCUT2D eigenvalue weighted by Crippen LogP contribution is -2.24. The van der Waals surface area contributed by atoms with Crippen molar-refractivity contribution < 1.29 is 13.2 Å². The molecule has 0 fully saturated rings. The SMILES string of the molecule is NS(=O)(=O)c1ccc(CNC(=O)CSc2nc(Cl)nc3nc[nH]c23)cc1. The summed E-state index contributed by atoms with van der Waals surface area (Å²) in [5.41, 5.74) is 1.80. The smallest absolute Gasteiger partial charge is 0.238 e. The fraction of sp³-hybridized carbons (Fsp3) is 0.143. The van der Waals surface area contributed by atoms with Crippen molar-refractivity contribution in [1.82, 2.24) is 25.3 Å². The molecule has 12 heteroatoms. The maximum atomic E-state index is 12.0. The van der Waals surface area contributed by atoms with Crippen LogP contribution in [0.15, 0.2) is 40.5 Å². The molecule has 2 aromatic heterocycles. The van der Waals surface area contributed by atoms with E-state index in [1.807, 2.05) is 0 Å². The number of halogens is 1. The number of thioether (sulfide) groups is 1. The van der Waals surface area contributed by atoms with Gasteiger partial charge in [0, 0.05) is 6.54 Å². The van der Waals surface area contributed by atoms with Gasteiger partial charge in [-0.05, 0) is 29.3 Å². The monoisotopic (exact) mass is 412 g/mol. The molecule has 0 saturated carbocycles. The Hall–Kier alpha value is -2.21. The van der Waals surface area contributed by atoms with Crippen molar-refractivity contribution in [2.45, 2.75) is 16.5 Å². The van der Waals surface area contributed by atoms with E-state index in [9.17, 15) is 13.2 Å². The second-order valence-corrected chi connectivity index (χ2v) is 8.02. The van der Waals surface area contributed by atoms with Crippen LogP contribution in [0, 0.1) is 0 Å². The summed E-state index contributed by atoms with van der Waals surface area (Å²) >= 11 is 7.04. The molecule has 0 spiro atoms. The molecule has 3 aromatic rings. The molecule has 9 nitrogen and oxygen atoms in total. The van der Waals surface area contributed by atoms with E-state index in [0.29, 0.717) is 16.2 Å². The highest BCUT2D eigenvalue weighted by Crippen LogP contribution is 2.24. The van der Waals surface area contributed by atoms with Crippen LogP contribution in [0.25, 0.3) is 11.2 Å². The average Bonchev–Trinajstić information content (AvgIpc) is 3.05. The highest BCUT2D eigenvalue weighted by atomic mass is 35.5. The minimum Gasteiger partial charge on any atom is -0.351 e. The second-order valence-electron chi connectivity index (χ2n) is 5.15. The standard InChI is InChI=1S/C14H13ClN6O3S2/c15-14-20-12-11(18-7-19-12)13(21-14)25-6-10(22)17-5-8-1-3-9(4-2-8)26(16,23)24/h1-4,7H,5-6H2,(H,17,22)(H2,16,23,24)(H,18,19,20,21). The summed E-state index contributed by atoms with van der Waals surface area (Å²) in [7, 11) is -3.73. The Kier molecular flexibility index (Phi) is 5.41. The van der Waals surface area contributed by atoms with Crippen molar-refractivity contribution in [2.75, 3.05) is 5.75 Å². The topological polar surface area (TPSA) is 144 Å². The molecule has 1 aromatic carbocycles. The summed E-state index contributed by atoms with van der Waals surface area (Å²) in [6.45, 7) is 0.258. The van der Waals surface area contributed by atoms with Crippen LogP contribution < -0.4 is 10.5 Å². The van der Waals surface area contributed by atoms with Crippen LogP contribution in [-0.2, 0) is 21.4 Å². The number of fused-ring (bicyclic) bond motifs is 1. The van der Waals surface area contributed by atoms with Crippen molar-refractivity contribution in [3.05, 3.63) is 41.4 Å². The van der Waals surface area contributed by atoms with Crippen LogP contribution in [0.3, 0.4) is 0 Å². The largest absolute Gasteiger partial charge is 0.351 e. The van der Waals surface area contributed by atoms with Crippen LogP contribution in [-0.4, -0.2) is 40.0 Å². The molecule has 0 aliphatic heterocycles. The Morgan fingerprint density at radius 1 is 1.27 bits per heavy atom. The zero-order valence-electron chi connectivity index (χ0n) is 13.1. The molecule has 0 atom stereocenters. The summed E-state index contributed by atoms with van der Waals surface area (Å²) in [6, 6.07) is 5.96. The lowest BCUT2D eigenvalue weighted by Gasteiger charge is -2.06. The molecule has 4 N–H and O–H groups in total. The summed E-state index contributed by atoms with van der Waals surface area (Å²) < 4.78 is 22.4. The normalized spacial score (nSPS) is 11.6. The van der Waals surface area contributed by atoms with E-state index in [2.05, 4.69) is 25.3 Å². The molecule has 0 bridgehead atoms. The number of sulfonamides is 1. The zero-order chi connectivity index (χ0) is 18.7. The van der Waals surface area contributed by atoms with Gasteiger partial charge in [-0.1, -0.05) is 23.9 Å². The average molecular weight is 413 g/mol. The molecule has 3 rings (SSSR count). The van der Waals surface area contributed by atoms with Crippen LogP contribution in [0.4, 0.5) is 0 Å². The van der Waals surface area contributed by atoms with Crippen molar-refractivity contribution in [1.29, 1.82) is 0 Å². The molecule has 1 amide bonds. The molecular weight excluding hydrogens is 400 g/mol. The van der Waals surface area contributed by atoms with Gasteiger partial charge in [0.25, 0.3) is 0 Å². The first kappa shape index (κ1) is 18.6. The first-order valence-electron chi connectivity index (χ1n) is 7.21. The predicted molar refractivity (Wildman–Crippen MR) is 97.1 cm³/mol. The van der Waals surface area contributed by atoms with E-state index < -0.39 is 10.0 Å². The van der Waals surface area contributed by atoms with Gasteiger partial charge in [0.2, 0.25) is 21.2 Å². The number of benzene rings is 1. The maximum Gasteiger partial charge on any atom is 0.238 e. The number of primary sulfonamides is 1. The van der Waals surface area contributed by atoms with Crippen LogP contribution in [0.2, 0.25) is 5.28 Å². The number of nitrogens with two attached hydrogens (primary N) is 1. The van der Waals surface area contributed by atoms with Gasteiger partial charge < -0.3 is 10.3 Å². The number of hydrogen-bond donors (Lipinski definition) is 3. The van der Waals surface area contributed by atoms with Crippen molar-refractivity contribution in [3.63, 3.8) is 0 Å². The van der Waals surface area contributed by atoms with E-state index in [1.165, 1.54) is 30.2 Å². The van der Waals surface area contributed by atoms with Gasteiger partial charge in [0.15, 0.2) is 5.65 Å². The lowest BCUT2D eigenvalue weighted by molar-refractivity contribution is -0.118. The van der Waals surface area contributed by atoms with Crippen LogP contribution in [0.5, 0.6) is 0 Å². The molecule has 0 aliphatic rings.